The largest absolute Gasteiger partial charge is 0.494 e. The molecule has 1 aliphatic heterocycles. The Bertz CT molecular complexity index is 760. The fourth-order valence-corrected chi connectivity index (χ4v) is 3.16. The second kappa shape index (κ2) is 8.84. The van der Waals surface area contributed by atoms with Gasteiger partial charge in [0.05, 0.1) is 23.7 Å². The number of nitrogens with one attached hydrogen (secondary N) is 1. The zero-order chi connectivity index (χ0) is 19.2. The maximum atomic E-state index is 12.6. The molecular weight excluding hydrogens is 340 g/mol. The number of ether oxygens (including phenoxy) is 1. The molecule has 1 aliphatic rings. The van der Waals surface area contributed by atoms with Crippen LogP contribution in [0.4, 0.5) is 11.6 Å². The molecule has 0 unspecified atom stereocenters. The van der Waals surface area contributed by atoms with Crippen LogP contribution in [0.3, 0.4) is 0 Å². The third-order valence-electron chi connectivity index (χ3n) is 4.77. The molecule has 27 heavy (non-hydrogen) atoms. The highest BCUT2D eigenvalue weighted by atomic mass is 16.5. The minimum Gasteiger partial charge on any atom is -0.494 e. The van der Waals surface area contributed by atoms with Gasteiger partial charge in [-0.2, -0.15) is 0 Å². The van der Waals surface area contributed by atoms with Crippen molar-refractivity contribution in [2.24, 2.45) is 0 Å². The van der Waals surface area contributed by atoms with Gasteiger partial charge < -0.3 is 15.0 Å². The van der Waals surface area contributed by atoms with Gasteiger partial charge in [0.15, 0.2) is 0 Å². The number of carbonyl (C=O) groups is 1. The number of rotatable bonds is 7. The summed E-state index contributed by atoms with van der Waals surface area (Å²) in [4.78, 5) is 24.0. The second-order valence-corrected chi connectivity index (χ2v) is 6.94. The third kappa shape index (κ3) is 4.76. The van der Waals surface area contributed by atoms with Crippen LogP contribution >= 0.6 is 0 Å². The zero-order valence-electron chi connectivity index (χ0n) is 16.4. The molecule has 0 bridgehead atoms. The highest BCUT2D eigenvalue weighted by Gasteiger charge is 2.18. The number of unbranched alkanes of at least 4 members (excludes halogenated alkanes) is 1. The molecule has 1 aromatic heterocycles. The first-order valence-corrected chi connectivity index (χ1v) is 9.73. The molecule has 0 atom stereocenters. The summed E-state index contributed by atoms with van der Waals surface area (Å²) >= 11 is 0. The maximum absolute atomic E-state index is 12.6. The fourth-order valence-electron chi connectivity index (χ4n) is 3.16. The number of anilines is 2. The van der Waals surface area contributed by atoms with Crippen LogP contribution in [0.1, 0.15) is 54.4 Å². The maximum Gasteiger partial charge on any atom is 0.255 e. The predicted octanol–water partition coefficient (Wildman–Crippen LogP) is 4.12. The Labute approximate surface area is 161 Å². The van der Waals surface area contributed by atoms with Crippen molar-refractivity contribution in [2.45, 2.75) is 46.5 Å². The quantitative estimate of drug-likeness (QED) is 0.745. The van der Waals surface area contributed by atoms with E-state index in [2.05, 4.69) is 27.1 Å². The smallest absolute Gasteiger partial charge is 0.255 e. The van der Waals surface area contributed by atoms with Crippen LogP contribution in [0.2, 0.25) is 0 Å². The Morgan fingerprint density at radius 1 is 1.11 bits per heavy atom. The predicted molar refractivity (Wildman–Crippen MR) is 108 cm³/mol. The molecule has 1 fully saturated rings. The Hall–Kier alpha value is -2.63. The van der Waals surface area contributed by atoms with Crippen molar-refractivity contribution in [1.29, 1.82) is 0 Å². The summed E-state index contributed by atoms with van der Waals surface area (Å²) in [6.45, 7) is 8.64. The lowest BCUT2D eigenvalue weighted by molar-refractivity contribution is 0.102. The van der Waals surface area contributed by atoms with Crippen LogP contribution in [-0.4, -0.2) is 35.6 Å². The lowest BCUT2D eigenvalue weighted by Crippen LogP contribution is -2.22. The molecule has 2 heterocycles. The molecule has 0 aliphatic carbocycles. The summed E-state index contributed by atoms with van der Waals surface area (Å²) in [5.41, 5.74) is 2.85. The van der Waals surface area contributed by atoms with Crippen LogP contribution in [0.25, 0.3) is 0 Å². The standard InChI is InChI=1S/C21H28N4O2/c1-4-5-14-27-18-10-8-17(9-11-18)20(26)24-19-15(2)22-21(23-16(19)3)25-12-6-7-13-25/h8-11H,4-7,12-14H2,1-3H3,(H,24,26). The van der Waals surface area contributed by atoms with E-state index in [1.54, 1.807) is 12.1 Å². The van der Waals surface area contributed by atoms with E-state index in [-0.39, 0.29) is 5.91 Å². The van der Waals surface area contributed by atoms with E-state index >= 15 is 0 Å². The van der Waals surface area contributed by atoms with Gasteiger partial charge in [0.25, 0.3) is 5.91 Å². The molecule has 6 heteroatoms. The van der Waals surface area contributed by atoms with E-state index in [9.17, 15) is 4.79 Å². The highest BCUT2D eigenvalue weighted by Crippen LogP contribution is 2.23. The van der Waals surface area contributed by atoms with Gasteiger partial charge in [-0.15, -0.1) is 0 Å². The van der Waals surface area contributed by atoms with Crippen molar-refractivity contribution >= 4 is 17.5 Å². The van der Waals surface area contributed by atoms with Gasteiger partial charge in [0.2, 0.25) is 5.95 Å². The van der Waals surface area contributed by atoms with Gasteiger partial charge in [-0.1, -0.05) is 13.3 Å². The van der Waals surface area contributed by atoms with Crippen LogP contribution < -0.4 is 15.0 Å². The van der Waals surface area contributed by atoms with E-state index < -0.39 is 0 Å². The normalized spacial score (nSPS) is 13.7. The summed E-state index contributed by atoms with van der Waals surface area (Å²) < 4.78 is 5.64. The average Bonchev–Trinajstić information content (AvgIpc) is 3.20. The van der Waals surface area contributed by atoms with Crippen LogP contribution in [0.5, 0.6) is 5.75 Å². The molecule has 6 nitrogen and oxygen atoms in total. The number of aryl methyl sites for hydroxylation is 2. The third-order valence-corrected chi connectivity index (χ3v) is 4.77. The summed E-state index contributed by atoms with van der Waals surface area (Å²) in [6, 6.07) is 7.22. The van der Waals surface area contributed by atoms with Gasteiger partial charge in [-0.3, -0.25) is 4.79 Å². The number of carbonyl (C=O) groups excluding carboxylic acids is 1. The zero-order valence-corrected chi connectivity index (χ0v) is 16.4. The molecule has 3 rings (SSSR count). The lowest BCUT2D eigenvalue weighted by Gasteiger charge is -2.18. The monoisotopic (exact) mass is 368 g/mol. The Balaban J connectivity index is 1.68. The summed E-state index contributed by atoms with van der Waals surface area (Å²) in [5, 5.41) is 2.96. The van der Waals surface area contributed by atoms with Crippen molar-refractivity contribution in [3.05, 3.63) is 41.2 Å². The van der Waals surface area contributed by atoms with Crippen LogP contribution in [0.15, 0.2) is 24.3 Å². The molecule has 1 aromatic carbocycles. The number of benzene rings is 1. The average molecular weight is 368 g/mol. The van der Waals surface area contributed by atoms with Crippen molar-refractivity contribution in [3.63, 3.8) is 0 Å². The summed E-state index contributed by atoms with van der Waals surface area (Å²) in [6.07, 6.45) is 4.47. The highest BCUT2D eigenvalue weighted by molar-refractivity contribution is 6.04. The molecule has 2 aromatic rings. The molecule has 144 valence electrons. The van der Waals surface area contributed by atoms with Crippen molar-refractivity contribution < 1.29 is 9.53 Å². The molecule has 1 saturated heterocycles. The van der Waals surface area contributed by atoms with Crippen molar-refractivity contribution in [3.8, 4) is 5.75 Å². The molecule has 0 saturated carbocycles. The number of nitrogens with zero attached hydrogens (tertiary/aromatic N) is 3. The van der Waals surface area contributed by atoms with Crippen LogP contribution in [-0.2, 0) is 0 Å². The second-order valence-electron chi connectivity index (χ2n) is 6.94. The van der Waals surface area contributed by atoms with Gasteiger partial charge in [0, 0.05) is 18.7 Å². The number of amides is 1. The minimum atomic E-state index is -0.168. The summed E-state index contributed by atoms with van der Waals surface area (Å²) in [5.74, 6) is 1.37. The van der Waals surface area contributed by atoms with E-state index in [4.69, 9.17) is 4.74 Å². The van der Waals surface area contributed by atoms with E-state index in [1.807, 2.05) is 26.0 Å². The molecule has 1 amide bonds. The lowest BCUT2D eigenvalue weighted by atomic mass is 10.2. The van der Waals surface area contributed by atoms with Crippen molar-refractivity contribution in [1.82, 2.24) is 9.97 Å². The Morgan fingerprint density at radius 2 is 1.74 bits per heavy atom. The van der Waals surface area contributed by atoms with Gasteiger partial charge in [-0.25, -0.2) is 9.97 Å². The first-order chi connectivity index (χ1) is 13.1. The summed E-state index contributed by atoms with van der Waals surface area (Å²) in [7, 11) is 0. The van der Waals surface area contributed by atoms with Gasteiger partial charge in [0.1, 0.15) is 5.75 Å². The SMILES string of the molecule is CCCCOc1ccc(C(=O)Nc2c(C)nc(N3CCCC3)nc2C)cc1. The molecular formula is C21H28N4O2. The number of hydrogen-bond donors (Lipinski definition) is 1. The van der Waals surface area contributed by atoms with Crippen LogP contribution in [0, 0.1) is 13.8 Å². The first kappa shape index (κ1) is 19.1. The van der Waals surface area contributed by atoms with Crippen molar-refractivity contribution in [2.75, 3.05) is 29.9 Å². The first-order valence-electron chi connectivity index (χ1n) is 9.73. The topological polar surface area (TPSA) is 67.3 Å². The van der Waals surface area contributed by atoms with Gasteiger partial charge in [-0.05, 0) is 57.4 Å². The van der Waals surface area contributed by atoms with E-state index in [0.29, 0.717) is 17.9 Å². The molecule has 0 radical (unpaired) electrons. The number of aromatic nitrogens is 2. The number of hydrogen-bond acceptors (Lipinski definition) is 5. The fraction of sp³-hybridized carbons (Fsp3) is 0.476. The van der Waals surface area contributed by atoms with Gasteiger partial charge >= 0.3 is 0 Å². The molecule has 1 N–H and O–H groups in total. The van der Waals surface area contributed by atoms with E-state index in [0.717, 1.165) is 49.0 Å². The minimum absolute atomic E-state index is 0.168. The van der Waals surface area contributed by atoms with E-state index in [1.165, 1.54) is 12.8 Å². The Kier molecular flexibility index (Phi) is 6.27. The molecule has 0 spiro atoms. The Morgan fingerprint density at radius 3 is 2.33 bits per heavy atom.